The van der Waals surface area contributed by atoms with Gasteiger partial charge >= 0.3 is 29.6 Å². The summed E-state index contributed by atoms with van der Waals surface area (Å²) >= 11 is 4.42. The van der Waals surface area contributed by atoms with Crippen LogP contribution in [0.15, 0.2) is 0 Å². The van der Waals surface area contributed by atoms with Crippen LogP contribution in [0.5, 0.6) is 0 Å². The zero-order valence-corrected chi connectivity index (χ0v) is 8.19. The molecule has 0 saturated carbocycles. The molecule has 0 radical (unpaired) electrons. The molecule has 0 unspecified atom stereocenters. The molecule has 0 fully saturated rings. The first-order valence-electron chi connectivity index (χ1n) is 2.83. The Morgan fingerprint density at radius 2 is 1.73 bits per heavy atom. The average Bonchev–Trinajstić information content (AvgIpc) is 1.63. The molecular formula is C5H15ClNNaO2P+. The van der Waals surface area contributed by atoms with Crippen molar-refractivity contribution in [1.29, 1.82) is 0 Å². The fourth-order valence-corrected chi connectivity index (χ4v) is 0.300. The van der Waals surface area contributed by atoms with Crippen molar-refractivity contribution in [3.63, 3.8) is 0 Å². The van der Waals surface area contributed by atoms with E-state index in [1.165, 1.54) is 0 Å². The van der Waals surface area contributed by atoms with Crippen LogP contribution in [0.3, 0.4) is 0 Å². The summed E-state index contributed by atoms with van der Waals surface area (Å²) in [5.74, 6) is 0. The standard InChI is InChI=1S/C5H14NO.ClOP.Na.H/c1-6(2,3)4-5-7;1-3-2;;/h7H,4-5H2,1-3H3;;;/q+1;;;. The van der Waals surface area contributed by atoms with Crippen molar-refractivity contribution >= 4 is 48.6 Å². The van der Waals surface area contributed by atoms with Crippen molar-refractivity contribution in [3.8, 4) is 0 Å². The number of likely N-dealkylation sites (N-methyl/N-ethyl adjacent to an activating group) is 1. The van der Waals surface area contributed by atoms with Crippen molar-refractivity contribution in [1.82, 2.24) is 0 Å². The Kier molecular flexibility index (Phi) is 18.7. The van der Waals surface area contributed by atoms with Crippen LogP contribution in [0.1, 0.15) is 0 Å². The topological polar surface area (TPSA) is 37.3 Å². The molecule has 0 aromatic carbocycles. The first kappa shape index (κ1) is 18.2. The van der Waals surface area contributed by atoms with E-state index in [2.05, 4.69) is 32.4 Å². The molecule has 0 aromatic heterocycles. The van der Waals surface area contributed by atoms with Gasteiger partial charge in [0, 0.05) is 0 Å². The molecule has 1 N–H and O–H groups in total. The summed E-state index contributed by atoms with van der Waals surface area (Å²) < 4.78 is 9.51. The Bertz CT molecular complexity index is 89.0. The van der Waals surface area contributed by atoms with Gasteiger partial charge in [-0.05, 0) is 11.2 Å². The van der Waals surface area contributed by atoms with Crippen LogP contribution in [0.25, 0.3) is 0 Å². The Balaban J connectivity index is -0.000000140. The monoisotopic (exact) mass is 210 g/mol. The number of aliphatic hydroxyl groups excluding tert-OH is 1. The zero-order valence-electron chi connectivity index (χ0n) is 6.54. The predicted molar refractivity (Wildman–Crippen MR) is 50.6 cm³/mol. The number of nitrogens with zero attached hydrogens (tertiary/aromatic N) is 1. The SMILES string of the molecule is C[N+](C)(C)CCO.O=PCl.[NaH]. The molecule has 0 heterocycles. The van der Waals surface area contributed by atoms with Gasteiger partial charge in [-0.25, -0.2) is 0 Å². The second-order valence-corrected chi connectivity index (χ2v) is 3.36. The molecule has 0 bridgehead atoms. The van der Waals surface area contributed by atoms with E-state index in [9.17, 15) is 0 Å². The summed E-state index contributed by atoms with van der Waals surface area (Å²) in [5.41, 5.74) is 0. The van der Waals surface area contributed by atoms with Crippen LogP contribution >= 0.6 is 19.1 Å². The van der Waals surface area contributed by atoms with E-state index < -0.39 is 0 Å². The van der Waals surface area contributed by atoms with Gasteiger partial charge in [0.2, 0.25) is 0 Å². The van der Waals surface area contributed by atoms with Crippen LogP contribution < -0.4 is 0 Å². The molecule has 0 aliphatic carbocycles. The number of aliphatic hydroxyl groups is 1. The first-order valence-corrected chi connectivity index (χ1v) is 4.54. The first-order chi connectivity index (χ1) is 4.47. The summed E-state index contributed by atoms with van der Waals surface area (Å²) in [6, 6.07) is 0. The third-order valence-electron chi connectivity index (χ3n) is 0.771. The third-order valence-corrected chi connectivity index (χ3v) is 0.771. The van der Waals surface area contributed by atoms with Crippen molar-refractivity contribution in [2.24, 2.45) is 0 Å². The molecule has 0 saturated heterocycles. The van der Waals surface area contributed by atoms with Crippen LogP contribution in [0, 0.1) is 0 Å². The number of hydrogen-bond acceptors (Lipinski definition) is 2. The minimum absolute atomic E-state index is 0. The predicted octanol–water partition coefficient (Wildman–Crippen LogP) is 0.468. The third kappa shape index (κ3) is 34.8. The summed E-state index contributed by atoms with van der Waals surface area (Å²) in [6.07, 6.45) is 0. The van der Waals surface area contributed by atoms with Gasteiger partial charge in [-0.15, -0.1) is 0 Å². The average molecular weight is 211 g/mol. The van der Waals surface area contributed by atoms with Gasteiger partial charge < -0.3 is 9.59 Å². The van der Waals surface area contributed by atoms with E-state index in [0.29, 0.717) is 0 Å². The van der Waals surface area contributed by atoms with E-state index in [1.807, 2.05) is 0 Å². The molecular weight excluding hydrogens is 195 g/mol. The Morgan fingerprint density at radius 3 is 1.73 bits per heavy atom. The van der Waals surface area contributed by atoms with E-state index >= 15 is 0 Å². The maximum absolute atomic E-state index is 8.67. The summed E-state index contributed by atoms with van der Waals surface area (Å²) in [7, 11) is 5.79. The van der Waals surface area contributed by atoms with Crippen LogP contribution in [0.2, 0.25) is 0 Å². The van der Waals surface area contributed by atoms with E-state index in [-0.39, 0.29) is 44.0 Å². The van der Waals surface area contributed by atoms with Crippen molar-refractivity contribution < 1.29 is 14.2 Å². The Morgan fingerprint density at radius 1 is 1.45 bits per heavy atom. The second-order valence-electron chi connectivity index (χ2n) is 2.81. The number of quaternary nitrogens is 1. The molecule has 0 aromatic rings. The minimum atomic E-state index is -0.361. The Labute approximate surface area is 96.6 Å². The normalized spacial score (nSPS) is 9.55. The summed E-state index contributed by atoms with van der Waals surface area (Å²) in [5, 5.41) is 8.39. The van der Waals surface area contributed by atoms with Gasteiger partial charge in [0.15, 0.2) is 0 Å². The molecule has 0 rings (SSSR count). The molecule has 64 valence electrons. The van der Waals surface area contributed by atoms with Gasteiger partial charge in [0.25, 0.3) is 7.81 Å². The van der Waals surface area contributed by atoms with E-state index in [1.54, 1.807) is 0 Å². The Hall–Kier alpha value is 1.31. The molecule has 6 heteroatoms. The van der Waals surface area contributed by atoms with Crippen LogP contribution in [-0.4, -0.2) is 73.4 Å². The van der Waals surface area contributed by atoms with E-state index in [0.717, 1.165) is 11.0 Å². The van der Waals surface area contributed by atoms with Gasteiger partial charge in [-0.1, -0.05) is 0 Å². The van der Waals surface area contributed by atoms with Gasteiger partial charge in [-0.3, -0.25) is 4.57 Å². The zero-order chi connectivity index (χ0) is 8.62. The number of rotatable bonds is 2. The van der Waals surface area contributed by atoms with Gasteiger partial charge in [0.1, 0.15) is 6.54 Å². The quantitative estimate of drug-likeness (QED) is 0.409. The fraction of sp³-hybridized carbons (Fsp3) is 1.00. The number of hydrogen-bond donors (Lipinski definition) is 1. The van der Waals surface area contributed by atoms with Crippen LogP contribution in [0.4, 0.5) is 0 Å². The molecule has 3 nitrogen and oxygen atoms in total. The molecule has 0 spiro atoms. The van der Waals surface area contributed by atoms with Gasteiger partial charge in [0.05, 0.1) is 27.7 Å². The van der Waals surface area contributed by atoms with E-state index in [4.69, 9.17) is 9.67 Å². The van der Waals surface area contributed by atoms with Crippen molar-refractivity contribution in [2.75, 3.05) is 34.3 Å². The van der Waals surface area contributed by atoms with Crippen molar-refractivity contribution in [3.05, 3.63) is 0 Å². The van der Waals surface area contributed by atoms with Gasteiger partial charge in [-0.2, -0.15) is 0 Å². The number of halogens is 1. The molecule has 0 aliphatic rings. The summed E-state index contributed by atoms with van der Waals surface area (Å²) in [4.78, 5) is 0. The molecule has 11 heavy (non-hydrogen) atoms. The van der Waals surface area contributed by atoms with Crippen LogP contribution in [-0.2, 0) is 4.57 Å². The second kappa shape index (κ2) is 11.3. The molecule has 0 atom stereocenters. The maximum atomic E-state index is 8.67. The summed E-state index contributed by atoms with van der Waals surface area (Å²) in [6.45, 7) is 1.11. The fourth-order valence-electron chi connectivity index (χ4n) is 0.300. The molecule has 0 amide bonds. The van der Waals surface area contributed by atoms with Crippen molar-refractivity contribution in [2.45, 2.75) is 0 Å². The molecule has 0 aliphatic heterocycles.